The fraction of sp³-hybridized carbons (Fsp3) is 0. The molecule has 0 fully saturated rings. The number of rotatable bonds is 3. The highest BCUT2D eigenvalue weighted by Crippen LogP contribution is 1.98. The van der Waals surface area contributed by atoms with Gasteiger partial charge in [-0.05, 0) is 11.5 Å². The predicted octanol–water partition coefficient (Wildman–Crippen LogP) is -0.265. The largest absolute Gasteiger partial charge is 0.489 e. The first kappa shape index (κ1) is 9.70. The van der Waals surface area contributed by atoms with Gasteiger partial charge in [-0.3, -0.25) is 4.79 Å². The van der Waals surface area contributed by atoms with Crippen LogP contribution in [0.1, 0.15) is 10.4 Å². The summed E-state index contributed by atoms with van der Waals surface area (Å²) in [6.45, 7) is 3.32. The molecule has 0 heterocycles. The molecule has 0 unspecified atom stereocenters. The van der Waals surface area contributed by atoms with Crippen molar-refractivity contribution in [2.45, 2.75) is 0 Å². The second-order valence-electron chi connectivity index (χ2n) is 2.53. The Morgan fingerprint density at radius 1 is 1.38 bits per heavy atom. The number of hydrogen-bond acceptors (Lipinski definition) is 3. The van der Waals surface area contributed by atoms with Gasteiger partial charge in [-0.1, -0.05) is 30.8 Å². The molecule has 13 heavy (non-hydrogen) atoms. The summed E-state index contributed by atoms with van der Waals surface area (Å²) in [4.78, 5) is 11.2. The van der Waals surface area contributed by atoms with Gasteiger partial charge in [-0.2, -0.15) is 0 Å². The Balaban J connectivity index is 3.19. The van der Waals surface area contributed by atoms with Crippen LogP contribution in [0.25, 0.3) is 0 Å². The van der Waals surface area contributed by atoms with Crippen LogP contribution in [0.3, 0.4) is 0 Å². The van der Waals surface area contributed by atoms with Crippen molar-refractivity contribution in [3.05, 3.63) is 42.5 Å². The topological polar surface area (TPSA) is 57.5 Å². The van der Waals surface area contributed by atoms with E-state index >= 15 is 0 Å². The fourth-order valence-corrected chi connectivity index (χ4v) is 1.06. The third-order valence-corrected chi connectivity index (χ3v) is 1.69. The van der Waals surface area contributed by atoms with Crippen molar-refractivity contribution in [1.82, 2.24) is 0 Å². The van der Waals surface area contributed by atoms with Crippen molar-refractivity contribution in [3.63, 3.8) is 0 Å². The van der Waals surface area contributed by atoms with E-state index in [9.17, 15) is 4.79 Å². The van der Waals surface area contributed by atoms with Crippen LogP contribution >= 0.6 is 0 Å². The summed E-state index contributed by atoms with van der Waals surface area (Å²) in [5, 5.41) is 17.8. The molecule has 0 amide bonds. The molecule has 0 aliphatic carbocycles. The molecule has 1 rings (SSSR count). The zero-order valence-electron chi connectivity index (χ0n) is 6.97. The van der Waals surface area contributed by atoms with Crippen molar-refractivity contribution in [3.8, 4) is 0 Å². The van der Waals surface area contributed by atoms with Crippen molar-refractivity contribution in [2.24, 2.45) is 0 Å². The summed E-state index contributed by atoms with van der Waals surface area (Å²) < 4.78 is 0. The van der Waals surface area contributed by atoms with Crippen LogP contribution in [0, 0.1) is 0 Å². The average Bonchev–Trinajstić information content (AvgIpc) is 2.16. The van der Waals surface area contributed by atoms with Gasteiger partial charge in [0.1, 0.15) is 0 Å². The molecule has 0 aliphatic heterocycles. The molecule has 2 N–H and O–H groups in total. The zero-order valence-corrected chi connectivity index (χ0v) is 6.97. The number of benzene rings is 1. The van der Waals surface area contributed by atoms with Crippen LogP contribution in [0.5, 0.6) is 0 Å². The van der Waals surface area contributed by atoms with Crippen molar-refractivity contribution in [2.75, 3.05) is 0 Å². The van der Waals surface area contributed by atoms with E-state index in [1.165, 1.54) is 12.1 Å². The van der Waals surface area contributed by atoms with Crippen molar-refractivity contribution in [1.29, 1.82) is 0 Å². The Bertz CT molecular complexity index is 333. The highest BCUT2D eigenvalue weighted by Gasteiger charge is 2.17. The molecule has 0 atom stereocenters. The number of carbonyl (C=O) groups excluding carboxylic acids is 1. The molecular weight excluding hydrogens is 167 g/mol. The van der Waals surface area contributed by atoms with E-state index < -0.39 is 7.12 Å². The van der Waals surface area contributed by atoms with E-state index in [0.29, 0.717) is 0 Å². The quantitative estimate of drug-likeness (QED) is 0.378. The Labute approximate surface area is 76.5 Å². The van der Waals surface area contributed by atoms with Crippen LogP contribution < -0.4 is 5.46 Å². The van der Waals surface area contributed by atoms with Crippen LogP contribution in [0.4, 0.5) is 0 Å². The van der Waals surface area contributed by atoms with Crippen LogP contribution in [-0.4, -0.2) is 22.9 Å². The maximum atomic E-state index is 11.2. The molecule has 66 valence electrons. The molecule has 0 saturated carbocycles. The van der Waals surface area contributed by atoms with Crippen molar-refractivity contribution >= 4 is 18.4 Å². The summed E-state index contributed by atoms with van der Waals surface area (Å²) in [7, 11) is -1.62. The second-order valence-corrected chi connectivity index (χ2v) is 2.53. The van der Waals surface area contributed by atoms with Gasteiger partial charge in [0.25, 0.3) is 0 Å². The highest BCUT2D eigenvalue weighted by atomic mass is 16.4. The smallest absolute Gasteiger partial charge is 0.423 e. The van der Waals surface area contributed by atoms with E-state index in [1.807, 2.05) is 0 Å². The van der Waals surface area contributed by atoms with Crippen LogP contribution in [-0.2, 0) is 0 Å². The SMILES string of the molecule is C=CC(=O)c1ccccc1B(O)O. The van der Waals surface area contributed by atoms with Gasteiger partial charge in [-0.15, -0.1) is 0 Å². The monoisotopic (exact) mass is 176 g/mol. The lowest BCUT2D eigenvalue weighted by Gasteiger charge is -2.04. The van der Waals surface area contributed by atoms with Crippen LogP contribution in [0.15, 0.2) is 36.9 Å². The Kier molecular flexibility index (Phi) is 3.00. The Hall–Kier alpha value is -1.39. The number of allylic oxidation sites excluding steroid dienone is 1. The van der Waals surface area contributed by atoms with Gasteiger partial charge in [0, 0.05) is 5.56 Å². The van der Waals surface area contributed by atoms with Gasteiger partial charge in [0.15, 0.2) is 5.78 Å². The minimum absolute atomic E-state index is 0.201. The average molecular weight is 176 g/mol. The molecule has 4 heteroatoms. The fourth-order valence-electron chi connectivity index (χ4n) is 1.06. The molecule has 0 aliphatic rings. The lowest BCUT2D eigenvalue weighted by molar-refractivity contribution is 0.104. The van der Waals surface area contributed by atoms with Gasteiger partial charge < -0.3 is 10.0 Å². The van der Waals surface area contributed by atoms with Gasteiger partial charge in [0.05, 0.1) is 0 Å². The first-order valence-electron chi connectivity index (χ1n) is 3.78. The maximum absolute atomic E-state index is 11.2. The molecule has 3 nitrogen and oxygen atoms in total. The number of ketones is 1. The first-order valence-corrected chi connectivity index (χ1v) is 3.78. The van der Waals surface area contributed by atoms with E-state index in [-0.39, 0.29) is 16.8 Å². The molecule has 0 aromatic heterocycles. The molecule has 0 saturated heterocycles. The van der Waals surface area contributed by atoms with Gasteiger partial charge in [-0.25, -0.2) is 0 Å². The minimum atomic E-state index is -1.62. The number of hydrogen-bond donors (Lipinski definition) is 2. The molecule has 0 spiro atoms. The summed E-state index contributed by atoms with van der Waals surface area (Å²) in [5.74, 6) is -0.316. The standard InChI is InChI=1S/C9H9BO3/c1-2-9(11)7-5-3-4-6-8(7)10(12)13/h2-6,12-13H,1H2. The highest BCUT2D eigenvalue weighted by molar-refractivity contribution is 6.60. The maximum Gasteiger partial charge on any atom is 0.489 e. The predicted molar refractivity (Wildman–Crippen MR) is 50.8 cm³/mol. The number of carbonyl (C=O) groups is 1. The molecule has 1 aromatic carbocycles. The molecule has 0 bridgehead atoms. The third kappa shape index (κ3) is 2.05. The Morgan fingerprint density at radius 3 is 2.54 bits per heavy atom. The Morgan fingerprint density at radius 2 is 2.00 bits per heavy atom. The van der Waals surface area contributed by atoms with E-state index in [2.05, 4.69) is 6.58 Å². The molecular formula is C9H9BO3. The lowest BCUT2D eigenvalue weighted by atomic mass is 9.76. The molecule has 0 radical (unpaired) electrons. The lowest BCUT2D eigenvalue weighted by Crippen LogP contribution is -2.34. The van der Waals surface area contributed by atoms with Gasteiger partial charge in [0.2, 0.25) is 0 Å². The summed E-state index contributed by atoms with van der Waals surface area (Å²) in [6.07, 6.45) is 1.14. The van der Waals surface area contributed by atoms with Gasteiger partial charge >= 0.3 is 7.12 Å². The third-order valence-electron chi connectivity index (χ3n) is 1.69. The minimum Gasteiger partial charge on any atom is -0.423 e. The second kappa shape index (κ2) is 4.02. The zero-order chi connectivity index (χ0) is 9.84. The normalized spacial score (nSPS) is 9.38. The molecule has 1 aromatic rings. The summed E-state index contributed by atoms with van der Waals surface area (Å²) >= 11 is 0. The van der Waals surface area contributed by atoms with Crippen molar-refractivity contribution < 1.29 is 14.8 Å². The summed E-state index contributed by atoms with van der Waals surface area (Å²) in [6, 6.07) is 6.30. The van der Waals surface area contributed by atoms with E-state index in [0.717, 1.165) is 6.08 Å². The van der Waals surface area contributed by atoms with E-state index in [4.69, 9.17) is 10.0 Å². The van der Waals surface area contributed by atoms with Crippen LogP contribution in [0.2, 0.25) is 0 Å². The van der Waals surface area contributed by atoms with E-state index in [1.54, 1.807) is 12.1 Å². The first-order chi connectivity index (χ1) is 6.16. The summed E-state index contributed by atoms with van der Waals surface area (Å²) in [5.41, 5.74) is 0.472.